The van der Waals surface area contributed by atoms with Gasteiger partial charge in [-0.2, -0.15) is 0 Å². The molecule has 0 heterocycles. The van der Waals surface area contributed by atoms with Gasteiger partial charge in [0.15, 0.2) is 6.61 Å². The highest BCUT2D eigenvalue weighted by Gasteiger charge is 2.05. The first-order valence-electron chi connectivity index (χ1n) is 4.36. The lowest BCUT2D eigenvalue weighted by Crippen LogP contribution is -2.21. The molecule has 0 aliphatic carbocycles. The van der Waals surface area contributed by atoms with Crippen molar-refractivity contribution in [3.8, 4) is 0 Å². The molecule has 0 aliphatic rings. The molecule has 1 rings (SSSR count). The van der Waals surface area contributed by atoms with Crippen molar-refractivity contribution < 1.29 is 14.3 Å². The summed E-state index contributed by atoms with van der Waals surface area (Å²) >= 11 is 0. The van der Waals surface area contributed by atoms with Crippen LogP contribution >= 0.6 is 0 Å². The normalized spacial score (nSPS) is 9.60. The van der Waals surface area contributed by atoms with E-state index in [4.69, 9.17) is 11.5 Å². The second kappa shape index (κ2) is 4.99. The number of amides is 1. The van der Waals surface area contributed by atoms with Crippen LogP contribution < -0.4 is 11.5 Å². The highest BCUT2D eigenvalue weighted by Crippen LogP contribution is 2.06. The Labute approximate surface area is 87.0 Å². The molecule has 0 spiro atoms. The molecule has 0 radical (unpaired) electrons. The summed E-state index contributed by atoms with van der Waals surface area (Å²) < 4.78 is 4.59. The molecule has 0 saturated heterocycles. The van der Waals surface area contributed by atoms with Crippen LogP contribution in [0, 0.1) is 0 Å². The molecule has 15 heavy (non-hydrogen) atoms. The van der Waals surface area contributed by atoms with Gasteiger partial charge in [0.2, 0.25) is 0 Å². The molecule has 1 aromatic rings. The van der Waals surface area contributed by atoms with Crippen LogP contribution in [0.1, 0.15) is 5.56 Å². The summed E-state index contributed by atoms with van der Waals surface area (Å²) in [4.78, 5) is 21.5. The lowest BCUT2D eigenvalue weighted by molar-refractivity contribution is -0.147. The number of primary amides is 1. The SMILES string of the molecule is NC(=O)COC(=O)Cc1ccc(N)cc1. The van der Waals surface area contributed by atoms with E-state index in [2.05, 4.69) is 4.74 Å². The van der Waals surface area contributed by atoms with Gasteiger partial charge in [0, 0.05) is 5.69 Å². The molecule has 1 amide bonds. The Bertz CT molecular complexity index is 359. The first-order chi connectivity index (χ1) is 7.08. The molecular formula is C10H12N2O3. The molecule has 0 unspecified atom stereocenters. The molecule has 0 aliphatic heterocycles. The number of nitrogens with two attached hydrogens (primary N) is 2. The van der Waals surface area contributed by atoms with Crippen molar-refractivity contribution in [2.24, 2.45) is 5.73 Å². The van der Waals surface area contributed by atoms with Crippen molar-refractivity contribution in [3.05, 3.63) is 29.8 Å². The highest BCUT2D eigenvalue weighted by atomic mass is 16.5. The maximum Gasteiger partial charge on any atom is 0.310 e. The molecule has 5 heteroatoms. The zero-order valence-corrected chi connectivity index (χ0v) is 8.10. The quantitative estimate of drug-likeness (QED) is 0.531. The van der Waals surface area contributed by atoms with Crippen LogP contribution in [0.15, 0.2) is 24.3 Å². The van der Waals surface area contributed by atoms with Crippen LogP contribution in [-0.4, -0.2) is 18.5 Å². The topological polar surface area (TPSA) is 95.4 Å². The van der Waals surface area contributed by atoms with Crippen molar-refractivity contribution >= 4 is 17.6 Å². The number of esters is 1. The van der Waals surface area contributed by atoms with Crippen LogP contribution in [0.25, 0.3) is 0 Å². The summed E-state index contributed by atoms with van der Waals surface area (Å²) in [5.41, 5.74) is 11.7. The van der Waals surface area contributed by atoms with E-state index in [1.165, 1.54) is 0 Å². The third-order valence-electron chi connectivity index (χ3n) is 1.70. The van der Waals surface area contributed by atoms with Crippen LogP contribution in [0.4, 0.5) is 5.69 Å². The van der Waals surface area contributed by atoms with Crippen molar-refractivity contribution in [1.82, 2.24) is 0 Å². The fourth-order valence-electron chi connectivity index (χ4n) is 1.00. The molecule has 0 fully saturated rings. The number of carbonyl (C=O) groups is 2. The summed E-state index contributed by atoms with van der Waals surface area (Å²) in [6.07, 6.45) is 0.105. The van der Waals surface area contributed by atoms with Gasteiger partial charge in [0.05, 0.1) is 6.42 Å². The minimum atomic E-state index is -0.666. The van der Waals surface area contributed by atoms with Gasteiger partial charge in [-0.25, -0.2) is 0 Å². The Hall–Kier alpha value is -2.04. The molecule has 0 aromatic heterocycles. The van der Waals surface area contributed by atoms with Gasteiger partial charge < -0.3 is 16.2 Å². The van der Waals surface area contributed by atoms with Gasteiger partial charge in [-0.05, 0) is 17.7 Å². The number of hydrogen-bond acceptors (Lipinski definition) is 4. The number of hydrogen-bond donors (Lipinski definition) is 2. The van der Waals surface area contributed by atoms with Gasteiger partial charge in [0.25, 0.3) is 5.91 Å². The van der Waals surface area contributed by atoms with E-state index in [1.54, 1.807) is 24.3 Å². The second-order valence-corrected chi connectivity index (χ2v) is 3.05. The maximum absolute atomic E-state index is 11.1. The molecule has 0 saturated carbocycles. The van der Waals surface area contributed by atoms with Crippen LogP contribution in [0.3, 0.4) is 0 Å². The summed E-state index contributed by atoms with van der Waals surface area (Å²) in [6, 6.07) is 6.83. The summed E-state index contributed by atoms with van der Waals surface area (Å²) in [5, 5.41) is 0. The van der Waals surface area contributed by atoms with E-state index in [1.807, 2.05) is 0 Å². The van der Waals surface area contributed by atoms with Crippen LogP contribution in [-0.2, 0) is 20.7 Å². The van der Waals surface area contributed by atoms with Crippen LogP contribution in [0.5, 0.6) is 0 Å². The Morgan fingerprint density at radius 3 is 2.33 bits per heavy atom. The average Bonchev–Trinajstić information content (AvgIpc) is 2.19. The summed E-state index contributed by atoms with van der Waals surface area (Å²) in [7, 11) is 0. The largest absolute Gasteiger partial charge is 0.455 e. The van der Waals surface area contributed by atoms with Gasteiger partial charge >= 0.3 is 5.97 Å². The maximum atomic E-state index is 11.1. The predicted octanol–water partition coefficient (Wildman–Crippen LogP) is -0.160. The van der Waals surface area contributed by atoms with Gasteiger partial charge in [0.1, 0.15) is 0 Å². The molecule has 0 bridgehead atoms. The second-order valence-electron chi connectivity index (χ2n) is 3.05. The Morgan fingerprint density at radius 1 is 1.20 bits per heavy atom. The Kier molecular flexibility index (Phi) is 3.68. The molecule has 1 aromatic carbocycles. The van der Waals surface area contributed by atoms with E-state index in [0.29, 0.717) is 5.69 Å². The lowest BCUT2D eigenvalue weighted by atomic mass is 10.1. The fourth-order valence-corrected chi connectivity index (χ4v) is 1.00. The highest BCUT2D eigenvalue weighted by molar-refractivity contribution is 5.79. The van der Waals surface area contributed by atoms with E-state index < -0.39 is 11.9 Å². The monoisotopic (exact) mass is 208 g/mol. The smallest absolute Gasteiger partial charge is 0.310 e. The average molecular weight is 208 g/mol. The van der Waals surface area contributed by atoms with E-state index in [9.17, 15) is 9.59 Å². The van der Waals surface area contributed by atoms with Gasteiger partial charge in [-0.15, -0.1) is 0 Å². The molecule has 0 atom stereocenters. The first kappa shape index (κ1) is 11.0. The molecule has 80 valence electrons. The van der Waals surface area contributed by atoms with Crippen LogP contribution in [0.2, 0.25) is 0 Å². The fraction of sp³-hybridized carbons (Fsp3) is 0.200. The van der Waals surface area contributed by atoms with E-state index in [0.717, 1.165) is 5.56 Å². The summed E-state index contributed by atoms with van der Waals surface area (Å²) in [6.45, 7) is -0.381. The zero-order valence-electron chi connectivity index (χ0n) is 8.10. The predicted molar refractivity (Wildman–Crippen MR) is 54.7 cm³/mol. The van der Waals surface area contributed by atoms with Crippen molar-refractivity contribution in [2.45, 2.75) is 6.42 Å². The third-order valence-corrected chi connectivity index (χ3v) is 1.70. The van der Waals surface area contributed by atoms with E-state index in [-0.39, 0.29) is 13.0 Å². The minimum absolute atomic E-state index is 0.105. The lowest BCUT2D eigenvalue weighted by Gasteiger charge is -2.02. The minimum Gasteiger partial charge on any atom is -0.455 e. The molecular weight excluding hydrogens is 196 g/mol. The Balaban J connectivity index is 2.44. The molecule has 4 N–H and O–H groups in total. The van der Waals surface area contributed by atoms with Crippen molar-refractivity contribution in [2.75, 3.05) is 12.3 Å². The number of carbonyl (C=O) groups excluding carboxylic acids is 2. The number of anilines is 1. The standard InChI is InChI=1S/C10H12N2O3/c11-8-3-1-7(2-4-8)5-10(14)15-6-9(12)13/h1-4H,5-6,11H2,(H2,12,13). The molecule has 5 nitrogen and oxygen atoms in total. The van der Waals surface area contributed by atoms with Gasteiger partial charge in [-0.1, -0.05) is 12.1 Å². The zero-order chi connectivity index (χ0) is 11.3. The Morgan fingerprint density at radius 2 is 1.80 bits per heavy atom. The summed E-state index contributed by atoms with van der Waals surface area (Å²) in [5.74, 6) is -1.15. The number of benzene rings is 1. The van der Waals surface area contributed by atoms with E-state index >= 15 is 0 Å². The number of rotatable bonds is 4. The third kappa shape index (κ3) is 4.12. The van der Waals surface area contributed by atoms with Gasteiger partial charge in [-0.3, -0.25) is 9.59 Å². The first-order valence-corrected chi connectivity index (χ1v) is 4.36. The number of nitrogen functional groups attached to an aromatic ring is 1. The number of ether oxygens (including phenoxy) is 1. The van der Waals surface area contributed by atoms with Crippen molar-refractivity contribution in [1.29, 1.82) is 0 Å². The van der Waals surface area contributed by atoms with Crippen molar-refractivity contribution in [3.63, 3.8) is 0 Å².